The van der Waals surface area contributed by atoms with E-state index in [2.05, 4.69) is 20.8 Å². The lowest BCUT2D eigenvalue weighted by molar-refractivity contribution is 0.405. The Morgan fingerprint density at radius 3 is 1.24 bits per heavy atom. The molecule has 0 bridgehead atoms. The van der Waals surface area contributed by atoms with Crippen molar-refractivity contribution in [2.24, 2.45) is 0 Å². The van der Waals surface area contributed by atoms with Gasteiger partial charge in [-0.3, -0.25) is 4.57 Å². The third-order valence-corrected chi connectivity index (χ3v) is 5.33. The molecule has 0 fully saturated rings. The maximum Gasteiger partial charge on any atom is 0.314 e. The highest BCUT2D eigenvalue weighted by molar-refractivity contribution is 7.57. The normalized spacial score (nSPS) is 10.5. The van der Waals surface area contributed by atoms with Crippen LogP contribution >= 0.6 is 16.2 Å². The van der Waals surface area contributed by atoms with E-state index in [1.54, 1.807) is 18.5 Å². The molecule has 0 aromatic carbocycles. The van der Waals surface area contributed by atoms with Gasteiger partial charge >= 0.3 is 8.25 Å². The first-order valence-corrected chi connectivity index (χ1v) is 9.92. The van der Waals surface area contributed by atoms with Crippen LogP contribution in [0.5, 0.6) is 0 Å². The van der Waals surface area contributed by atoms with Gasteiger partial charge in [0.15, 0.2) is 0 Å². The zero-order chi connectivity index (χ0) is 13.5. The molecule has 0 spiro atoms. The predicted octanol–water partition coefficient (Wildman–Crippen LogP) is 4.23. The molecule has 0 aromatic heterocycles. The first-order valence-electron chi connectivity index (χ1n) is 6.72. The van der Waals surface area contributed by atoms with Crippen LogP contribution in [0, 0.1) is 0 Å². The lowest BCUT2D eigenvalue weighted by Gasteiger charge is -2.16. The predicted molar refractivity (Wildman–Crippen MR) is 79.7 cm³/mol. The van der Waals surface area contributed by atoms with Crippen LogP contribution in [-0.4, -0.2) is 28.3 Å². The van der Waals surface area contributed by atoms with Crippen molar-refractivity contribution in [2.45, 2.75) is 59.3 Å². The van der Waals surface area contributed by atoms with Crippen molar-refractivity contribution in [3.05, 3.63) is 0 Å². The second-order valence-electron chi connectivity index (χ2n) is 4.18. The summed E-state index contributed by atoms with van der Waals surface area (Å²) in [6.45, 7) is 6.94. The molecule has 0 aliphatic heterocycles. The number of rotatable bonds is 9. The van der Waals surface area contributed by atoms with Crippen molar-refractivity contribution in [2.75, 3.05) is 18.5 Å². The molecule has 106 valence electrons. The van der Waals surface area contributed by atoms with Crippen molar-refractivity contribution in [1.82, 2.24) is 0 Å². The van der Waals surface area contributed by atoms with Crippen LogP contribution in [0.25, 0.3) is 0 Å². The molecule has 0 aliphatic carbocycles. The lowest BCUT2D eigenvalue weighted by Crippen LogP contribution is -1.95. The van der Waals surface area contributed by atoms with E-state index < -0.39 is 8.25 Å². The first-order chi connectivity index (χ1) is 8.08. The van der Waals surface area contributed by atoms with Gasteiger partial charge in [-0.2, -0.15) is 0 Å². The SMILES string of the molecule is CCCCP(CCCC)CCCC.O=[PH](O)O. The molecule has 2 N–H and O–H groups in total. The summed E-state index contributed by atoms with van der Waals surface area (Å²) in [6, 6.07) is 0. The van der Waals surface area contributed by atoms with Crippen molar-refractivity contribution >= 4 is 16.2 Å². The van der Waals surface area contributed by atoms with Gasteiger partial charge in [0.25, 0.3) is 0 Å². The third kappa shape index (κ3) is 22.3. The van der Waals surface area contributed by atoms with Crippen LogP contribution in [0.3, 0.4) is 0 Å². The van der Waals surface area contributed by atoms with Gasteiger partial charge < -0.3 is 9.79 Å². The Bertz CT molecular complexity index is 143. The van der Waals surface area contributed by atoms with E-state index in [1.807, 2.05) is 0 Å². The summed E-state index contributed by atoms with van der Waals surface area (Å²) in [7, 11) is -2.71. The van der Waals surface area contributed by atoms with E-state index in [1.165, 1.54) is 38.5 Å². The molecule has 0 rings (SSSR count). The van der Waals surface area contributed by atoms with Gasteiger partial charge in [-0.1, -0.05) is 40.0 Å². The van der Waals surface area contributed by atoms with Crippen LogP contribution in [0.1, 0.15) is 59.3 Å². The molecule has 0 saturated heterocycles. The Morgan fingerprint density at radius 2 is 1.06 bits per heavy atom. The average Bonchev–Trinajstić information content (AvgIpc) is 2.27. The number of hydrogen-bond acceptors (Lipinski definition) is 1. The van der Waals surface area contributed by atoms with Crippen molar-refractivity contribution in [1.29, 1.82) is 0 Å². The summed E-state index contributed by atoms with van der Waals surface area (Å²) in [5, 5.41) is 0. The van der Waals surface area contributed by atoms with Crippen molar-refractivity contribution < 1.29 is 14.4 Å². The highest BCUT2D eigenvalue weighted by atomic mass is 31.1. The van der Waals surface area contributed by atoms with Gasteiger partial charge in [0.2, 0.25) is 0 Å². The topological polar surface area (TPSA) is 57.5 Å². The smallest absolute Gasteiger partial charge is 0.314 e. The van der Waals surface area contributed by atoms with Crippen molar-refractivity contribution in [3.8, 4) is 0 Å². The van der Waals surface area contributed by atoms with Gasteiger partial charge in [0.1, 0.15) is 0 Å². The molecule has 5 heteroatoms. The highest BCUT2D eigenvalue weighted by Crippen LogP contribution is 2.38. The van der Waals surface area contributed by atoms with Gasteiger partial charge in [-0.05, 0) is 37.7 Å². The first kappa shape index (κ1) is 19.9. The molecule has 0 aliphatic rings. The van der Waals surface area contributed by atoms with Crippen molar-refractivity contribution in [3.63, 3.8) is 0 Å². The monoisotopic (exact) mass is 284 g/mol. The van der Waals surface area contributed by atoms with E-state index in [0.29, 0.717) is 7.92 Å². The summed E-state index contributed by atoms with van der Waals surface area (Å²) in [5.41, 5.74) is 0. The molecule has 0 amide bonds. The summed E-state index contributed by atoms with van der Waals surface area (Å²) in [6.07, 6.45) is 13.2. The molecule has 0 heterocycles. The Kier molecular flexibility index (Phi) is 19.4. The van der Waals surface area contributed by atoms with Crippen LogP contribution in [0.2, 0.25) is 0 Å². The van der Waals surface area contributed by atoms with E-state index in [0.717, 1.165) is 0 Å². The van der Waals surface area contributed by atoms with E-state index >= 15 is 0 Å². The molecule has 0 aromatic rings. The molecule has 3 nitrogen and oxygen atoms in total. The fourth-order valence-corrected chi connectivity index (χ4v) is 4.44. The van der Waals surface area contributed by atoms with Gasteiger partial charge in [0, 0.05) is 0 Å². The Balaban J connectivity index is 0. The summed E-state index contributed by atoms with van der Waals surface area (Å²) in [5.74, 6) is 0. The molecular weight excluding hydrogens is 254 g/mol. The standard InChI is InChI=1S/C12H27P.H3O3P/c1-4-7-10-13(11-8-5-2)12-9-6-3;1-4(2)3/h4-12H2,1-3H3;4H,(H2,1,2,3). The number of unbranched alkanes of at least 4 members (excludes halogenated alkanes) is 3. The zero-order valence-corrected chi connectivity index (χ0v) is 13.5. The fourth-order valence-electron chi connectivity index (χ4n) is 1.48. The fraction of sp³-hybridized carbons (Fsp3) is 1.00. The van der Waals surface area contributed by atoms with Gasteiger partial charge in [0.05, 0.1) is 0 Å². The summed E-state index contributed by atoms with van der Waals surface area (Å²) >= 11 is 0. The molecule has 17 heavy (non-hydrogen) atoms. The lowest BCUT2D eigenvalue weighted by atomic mass is 10.4. The second-order valence-corrected chi connectivity index (χ2v) is 7.43. The van der Waals surface area contributed by atoms with E-state index in [4.69, 9.17) is 14.4 Å². The van der Waals surface area contributed by atoms with Crippen LogP contribution in [0.15, 0.2) is 0 Å². The molecular formula is C12H30O3P2. The summed E-state index contributed by atoms with van der Waals surface area (Å²) < 4.78 is 8.74. The Hall–Kier alpha value is 0.580. The maximum absolute atomic E-state index is 8.74. The highest BCUT2D eigenvalue weighted by Gasteiger charge is 2.05. The van der Waals surface area contributed by atoms with Gasteiger partial charge in [-0.15, -0.1) is 7.92 Å². The van der Waals surface area contributed by atoms with Crippen LogP contribution in [0.4, 0.5) is 0 Å². The Labute approximate surface area is 109 Å². The van der Waals surface area contributed by atoms with E-state index in [-0.39, 0.29) is 0 Å². The molecule has 0 saturated carbocycles. The minimum Gasteiger partial charge on any atom is -0.326 e. The number of hydrogen-bond donors (Lipinski definition) is 2. The third-order valence-electron chi connectivity index (χ3n) is 2.48. The largest absolute Gasteiger partial charge is 0.326 e. The average molecular weight is 284 g/mol. The maximum atomic E-state index is 8.74. The van der Waals surface area contributed by atoms with Crippen LogP contribution < -0.4 is 0 Å². The zero-order valence-electron chi connectivity index (χ0n) is 11.6. The molecule has 0 radical (unpaired) electrons. The molecule has 0 atom stereocenters. The summed E-state index contributed by atoms with van der Waals surface area (Å²) in [4.78, 5) is 14.3. The quantitative estimate of drug-likeness (QED) is 0.623. The minimum atomic E-state index is -3.13. The minimum absolute atomic E-state index is 0.422. The molecule has 0 unspecified atom stereocenters. The second kappa shape index (κ2) is 16.6. The van der Waals surface area contributed by atoms with E-state index in [9.17, 15) is 0 Å². The van der Waals surface area contributed by atoms with Gasteiger partial charge in [-0.25, -0.2) is 0 Å². The van der Waals surface area contributed by atoms with Crippen LogP contribution in [-0.2, 0) is 4.57 Å². The Morgan fingerprint density at radius 1 is 0.824 bits per heavy atom.